The van der Waals surface area contributed by atoms with Gasteiger partial charge in [0.2, 0.25) is 5.91 Å². The first kappa shape index (κ1) is 16.1. The van der Waals surface area contributed by atoms with Crippen molar-refractivity contribution in [3.05, 3.63) is 17.2 Å². The minimum absolute atomic E-state index is 0.0643. The average molecular weight is 315 g/mol. The minimum atomic E-state index is -0.382. The molecule has 1 amide bonds. The Morgan fingerprint density at radius 1 is 1.41 bits per heavy atom. The van der Waals surface area contributed by atoms with Crippen LogP contribution in [0.4, 0.5) is 5.82 Å². The molecule has 7 heteroatoms. The highest BCUT2D eigenvalue weighted by Gasteiger charge is 2.23. The van der Waals surface area contributed by atoms with Crippen molar-refractivity contribution in [3.8, 4) is 12.1 Å². The number of pyridine rings is 1. The lowest BCUT2D eigenvalue weighted by Crippen LogP contribution is -2.37. The number of nitrogen functional groups attached to an aromatic ring is 1. The standard InChI is InChI=1S/C15H17N5OS/c1-9(14(21)19-12-4-2-3-5-12)22-15-11(8-17)6-10(7-16)13(18)20-15/h6,9,12H,2-5H2,1H3,(H2,18,20)(H,19,21)/t9-/m1/s1. The molecule has 1 aliphatic carbocycles. The molecule has 0 saturated heterocycles. The summed E-state index contributed by atoms with van der Waals surface area (Å²) >= 11 is 1.18. The highest BCUT2D eigenvalue weighted by atomic mass is 32.2. The molecule has 1 heterocycles. The molecule has 0 spiro atoms. The number of hydrogen-bond acceptors (Lipinski definition) is 6. The van der Waals surface area contributed by atoms with Gasteiger partial charge in [-0.1, -0.05) is 24.6 Å². The molecule has 114 valence electrons. The van der Waals surface area contributed by atoms with Gasteiger partial charge in [0.1, 0.15) is 23.0 Å². The fourth-order valence-corrected chi connectivity index (χ4v) is 3.27. The van der Waals surface area contributed by atoms with E-state index in [4.69, 9.17) is 16.3 Å². The van der Waals surface area contributed by atoms with Gasteiger partial charge in [-0.05, 0) is 25.8 Å². The molecule has 3 N–H and O–H groups in total. The second-order valence-electron chi connectivity index (χ2n) is 5.25. The maximum atomic E-state index is 12.2. The van der Waals surface area contributed by atoms with Gasteiger partial charge >= 0.3 is 0 Å². The van der Waals surface area contributed by atoms with Gasteiger partial charge in [-0.2, -0.15) is 10.5 Å². The van der Waals surface area contributed by atoms with Crippen LogP contribution in [0.1, 0.15) is 43.7 Å². The third-order valence-corrected chi connectivity index (χ3v) is 4.72. The van der Waals surface area contributed by atoms with E-state index in [0.29, 0.717) is 5.03 Å². The fourth-order valence-electron chi connectivity index (χ4n) is 2.38. The van der Waals surface area contributed by atoms with Crippen LogP contribution in [0.3, 0.4) is 0 Å². The molecule has 22 heavy (non-hydrogen) atoms. The Bertz CT molecular complexity index is 655. The van der Waals surface area contributed by atoms with Crippen LogP contribution >= 0.6 is 11.8 Å². The normalized spacial score (nSPS) is 15.8. The van der Waals surface area contributed by atoms with Crippen LogP contribution in [0.25, 0.3) is 0 Å². The largest absolute Gasteiger partial charge is 0.383 e. The molecule has 1 aromatic heterocycles. The summed E-state index contributed by atoms with van der Waals surface area (Å²) in [6.45, 7) is 1.77. The van der Waals surface area contributed by atoms with Crippen molar-refractivity contribution in [2.24, 2.45) is 0 Å². The number of aromatic nitrogens is 1. The first-order chi connectivity index (χ1) is 10.5. The number of nitrogens with one attached hydrogen (secondary N) is 1. The summed E-state index contributed by atoms with van der Waals surface area (Å²) in [7, 11) is 0. The van der Waals surface area contributed by atoms with Gasteiger partial charge in [0.25, 0.3) is 0 Å². The predicted octanol–water partition coefficient (Wildman–Crippen LogP) is 1.95. The quantitative estimate of drug-likeness (QED) is 0.820. The molecule has 1 aromatic rings. The summed E-state index contributed by atoms with van der Waals surface area (Å²) in [5.41, 5.74) is 6.11. The molecule has 1 saturated carbocycles. The molecule has 1 aliphatic rings. The molecule has 2 rings (SSSR count). The van der Waals surface area contributed by atoms with Crippen molar-refractivity contribution >= 4 is 23.5 Å². The zero-order valence-corrected chi connectivity index (χ0v) is 13.1. The zero-order chi connectivity index (χ0) is 16.1. The lowest BCUT2D eigenvalue weighted by atomic mass is 10.2. The number of nitrogens with zero attached hydrogens (tertiary/aromatic N) is 3. The van der Waals surface area contributed by atoms with Crippen molar-refractivity contribution in [1.29, 1.82) is 10.5 Å². The number of carbonyl (C=O) groups is 1. The topological polar surface area (TPSA) is 116 Å². The van der Waals surface area contributed by atoms with Gasteiger partial charge in [-0.3, -0.25) is 4.79 Å². The molecular formula is C15H17N5OS. The Morgan fingerprint density at radius 2 is 2.05 bits per heavy atom. The summed E-state index contributed by atoms with van der Waals surface area (Å²) in [6.07, 6.45) is 4.35. The van der Waals surface area contributed by atoms with Crippen LogP contribution in [0, 0.1) is 22.7 Å². The first-order valence-corrected chi connectivity index (χ1v) is 8.01. The Labute approximate surface area is 133 Å². The number of nitrogens with two attached hydrogens (primary N) is 1. The number of amides is 1. The lowest BCUT2D eigenvalue weighted by Gasteiger charge is -2.16. The van der Waals surface area contributed by atoms with E-state index in [1.54, 1.807) is 6.92 Å². The van der Waals surface area contributed by atoms with Crippen LogP contribution in [0.2, 0.25) is 0 Å². The number of rotatable bonds is 4. The summed E-state index contributed by atoms with van der Waals surface area (Å²) in [4.78, 5) is 16.3. The smallest absolute Gasteiger partial charge is 0.233 e. The molecule has 0 aliphatic heterocycles. The molecule has 6 nitrogen and oxygen atoms in total. The van der Waals surface area contributed by atoms with Crippen molar-refractivity contribution in [3.63, 3.8) is 0 Å². The summed E-state index contributed by atoms with van der Waals surface area (Å²) < 4.78 is 0. The first-order valence-electron chi connectivity index (χ1n) is 7.13. The number of thioether (sulfide) groups is 1. The van der Waals surface area contributed by atoms with Gasteiger partial charge in [0.05, 0.1) is 16.4 Å². The highest BCUT2D eigenvalue weighted by molar-refractivity contribution is 8.00. The van der Waals surface area contributed by atoms with E-state index < -0.39 is 0 Å². The predicted molar refractivity (Wildman–Crippen MR) is 83.8 cm³/mol. The minimum Gasteiger partial charge on any atom is -0.383 e. The Balaban J connectivity index is 2.09. The van der Waals surface area contributed by atoms with Crippen LogP contribution in [0.5, 0.6) is 0 Å². The summed E-state index contributed by atoms with van der Waals surface area (Å²) in [5.74, 6) is 0.0120. The van der Waals surface area contributed by atoms with Crippen LogP contribution in [0.15, 0.2) is 11.1 Å². The van der Waals surface area contributed by atoms with Gasteiger partial charge in [0, 0.05) is 6.04 Å². The SMILES string of the molecule is C[C@@H](Sc1nc(N)c(C#N)cc1C#N)C(=O)NC1CCCC1. The van der Waals surface area contributed by atoms with Crippen LogP contribution in [-0.2, 0) is 4.79 Å². The van der Waals surface area contributed by atoms with E-state index in [2.05, 4.69) is 10.3 Å². The van der Waals surface area contributed by atoms with Gasteiger partial charge in [0.15, 0.2) is 0 Å². The summed E-state index contributed by atoms with van der Waals surface area (Å²) in [5, 5.41) is 21.1. The van der Waals surface area contributed by atoms with Crippen LogP contribution in [-0.4, -0.2) is 22.2 Å². The number of anilines is 1. The van der Waals surface area contributed by atoms with Crippen LogP contribution < -0.4 is 11.1 Å². The van der Waals surface area contributed by atoms with Gasteiger partial charge in [-0.25, -0.2) is 4.98 Å². The van der Waals surface area contributed by atoms with Crippen molar-refractivity contribution in [1.82, 2.24) is 10.3 Å². The lowest BCUT2D eigenvalue weighted by molar-refractivity contribution is -0.120. The van der Waals surface area contributed by atoms with Gasteiger partial charge < -0.3 is 11.1 Å². The van der Waals surface area contributed by atoms with E-state index in [1.807, 2.05) is 12.1 Å². The van der Waals surface area contributed by atoms with Gasteiger partial charge in [-0.15, -0.1) is 0 Å². The third-order valence-electron chi connectivity index (χ3n) is 3.62. The van der Waals surface area contributed by atoms with E-state index in [1.165, 1.54) is 17.8 Å². The number of carbonyl (C=O) groups excluding carboxylic acids is 1. The molecule has 0 unspecified atom stereocenters. The molecule has 0 radical (unpaired) electrons. The highest BCUT2D eigenvalue weighted by Crippen LogP contribution is 2.28. The monoisotopic (exact) mass is 315 g/mol. The van der Waals surface area contributed by atoms with Crippen molar-refractivity contribution in [2.45, 2.75) is 48.9 Å². The molecule has 1 fully saturated rings. The van der Waals surface area contributed by atoms with E-state index >= 15 is 0 Å². The molecule has 0 aromatic carbocycles. The zero-order valence-electron chi connectivity index (χ0n) is 12.3. The Hall–Kier alpha value is -2.25. The molecular weight excluding hydrogens is 298 g/mol. The van der Waals surface area contributed by atoms with Crippen molar-refractivity contribution in [2.75, 3.05) is 5.73 Å². The molecule has 1 atom stereocenters. The third kappa shape index (κ3) is 3.69. The summed E-state index contributed by atoms with van der Waals surface area (Å²) in [6, 6.07) is 5.55. The number of hydrogen-bond donors (Lipinski definition) is 2. The Morgan fingerprint density at radius 3 is 2.64 bits per heavy atom. The second-order valence-corrected chi connectivity index (χ2v) is 6.58. The average Bonchev–Trinajstić information content (AvgIpc) is 3.00. The van der Waals surface area contributed by atoms with E-state index in [0.717, 1.165) is 25.7 Å². The van der Waals surface area contributed by atoms with E-state index in [9.17, 15) is 4.79 Å². The number of nitriles is 2. The van der Waals surface area contributed by atoms with Crippen molar-refractivity contribution < 1.29 is 4.79 Å². The second kappa shape index (κ2) is 7.15. The molecule has 0 bridgehead atoms. The maximum absolute atomic E-state index is 12.2. The van der Waals surface area contributed by atoms with E-state index in [-0.39, 0.29) is 34.1 Å². The fraction of sp³-hybridized carbons (Fsp3) is 0.467. The Kier molecular flexibility index (Phi) is 5.24. The maximum Gasteiger partial charge on any atom is 0.233 e.